The molecule has 0 aromatic rings. The van der Waals surface area contributed by atoms with Crippen molar-refractivity contribution < 1.29 is 35.1 Å². The Balaban J connectivity index is 4.96. The van der Waals surface area contributed by atoms with E-state index in [1.807, 2.05) is 0 Å². The van der Waals surface area contributed by atoms with E-state index in [2.05, 4.69) is 0 Å². The Labute approximate surface area is 119 Å². The second kappa shape index (κ2) is 6.75. The van der Waals surface area contributed by atoms with Crippen LogP contribution in [0.3, 0.4) is 0 Å². The fourth-order valence-corrected chi connectivity index (χ4v) is 2.31. The van der Waals surface area contributed by atoms with Crippen LogP contribution >= 0.6 is 22.6 Å². The fourth-order valence-electron chi connectivity index (χ4n) is 1.31. The molecule has 0 aliphatic carbocycles. The monoisotopic (exact) mass is 412 g/mol. The van der Waals surface area contributed by atoms with E-state index in [0.717, 1.165) is 0 Å². The van der Waals surface area contributed by atoms with Gasteiger partial charge in [-0.2, -0.15) is 26.3 Å². The summed E-state index contributed by atoms with van der Waals surface area (Å²) in [5, 5.41) is 0. The third-order valence-corrected chi connectivity index (χ3v) is 3.56. The van der Waals surface area contributed by atoms with Crippen molar-refractivity contribution in [2.24, 2.45) is 0 Å². The van der Waals surface area contributed by atoms with E-state index in [4.69, 9.17) is 0 Å². The number of unbranched alkanes of at least 4 members (excludes halogenated alkanes) is 1. The van der Waals surface area contributed by atoms with Crippen LogP contribution in [0.15, 0.2) is 0 Å². The first-order chi connectivity index (χ1) is 8.40. The molecule has 19 heavy (non-hydrogen) atoms. The first-order valence-corrected chi connectivity index (χ1v) is 6.70. The van der Waals surface area contributed by atoms with Crippen LogP contribution in [0.5, 0.6) is 0 Å². The minimum absolute atomic E-state index is 0.128. The Hall–Kier alpha value is 0.170. The van der Waals surface area contributed by atoms with Crippen molar-refractivity contribution in [1.82, 2.24) is 0 Å². The summed E-state index contributed by atoms with van der Waals surface area (Å²) in [6.45, 7) is 1.74. The van der Waals surface area contributed by atoms with Crippen molar-refractivity contribution in [3.8, 4) is 0 Å². The minimum Gasteiger partial charge on any atom is -0.203 e. The van der Waals surface area contributed by atoms with Gasteiger partial charge in [0, 0.05) is 10.3 Å². The van der Waals surface area contributed by atoms with Gasteiger partial charge in [0.25, 0.3) is 0 Å². The zero-order valence-corrected chi connectivity index (χ0v) is 12.0. The van der Waals surface area contributed by atoms with Crippen molar-refractivity contribution in [1.29, 1.82) is 0 Å². The highest BCUT2D eigenvalue weighted by Gasteiger charge is 2.75. The molecule has 9 heteroatoms. The van der Waals surface area contributed by atoms with Crippen LogP contribution in [-0.2, 0) is 0 Å². The Morgan fingerprint density at radius 3 is 1.84 bits per heavy atom. The van der Waals surface area contributed by atoms with Gasteiger partial charge in [-0.15, -0.1) is 0 Å². The summed E-state index contributed by atoms with van der Waals surface area (Å²) in [4.78, 5) is 0. The third-order valence-electron chi connectivity index (χ3n) is 2.50. The summed E-state index contributed by atoms with van der Waals surface area (Å²) < 4.78 is 99.9. The summed E-state index contributed by atoms with van der Waals surface area (Å²) in [5.74, 6) is -17.3. The average Bonchev–Trinajstić information content (AvgIpc) is 2.24. The molecular weight excluding hydrogens is 399 g/mol. The number of hydrogen-bond donors (Lipinski definition) is 0. The molecule has 0 aromatic carbocycles. The Kier molecular flexibility index (Phi) is 6.81. The highest BCUT2D eigenvalue weighted by Crippen LogP contribution is 2.50. The zero-order valence-electron chi connectivity index (χ0n) is 9.88. The van der Waals surface area contributed by atoms with Gasteiger partial charge in [0.15, 0.2) is 0 Å². The maximum atomic E-state index is 13.2. The van der Waals surface area contributed by atoms with E-state index >= 15 is 0 Å². The van der Waals surface area contributed by atoms with Gasteiger partial charge in [-0.1, -0.05) is 42.4 Å². The number of alkyl halides is 9. The minimum atomic E-state index is -6.08. The van der Waals surface area contributed by atoms with Gasteiger partial charge in [0.05, 0.1) is 0 Å². The average molecular weight is 412 g/mol. The maximum absolute atomic E-state index is 13.2. The Morgan fingerprint density at radius 2 is 1.47 bits per heavy atom. The van der Waals surface area contributed by atoms with Crippen molar-refractivity contribution in [3.05, 3.63) is 0 Å². The molecule has 0 aromatic heterocycles. The molecule has 1 atom stereocenters. The molecule has 0 nitrogen and oxygen atoms in total. The predicted octanol–water partition coefficient (Wildman–Crippen LogP) is 5.54. The van der Waals surface area contributed by atoms with Crippen molar-refractivity contribution in [2.75, 3.05) is 0 Å². The van der Waals surface area contributed by atoms with Crippen molar-refractivity contribution >= 4 is 22.6 Å². The molecular formula is C10H13F8I. The normalized spacial score (nSPS) is 15.9. The van der Waals surface area contributed by atoms with Gasteiger partial charge < -0.3 is 0 Å². The van der Waals surface area contributed by atoms with Crippen LogP contribution in [0.25, 0.3) is 0 Å². The van der Waals surface area contributed by atoms with Crippen LogP contribution in [0.4, 0.5) is 35.1 Å². The van der Waals surface area contributed by atoms with Crippen LogP contribution in [0.1, 0.15) is 32.6 Å². The van der Waals surface area contributed by atoms with Gasteiger partial charge in [0.1, 0.15) is 0 Å². The molecule has 0 radical (unpaired) electrons. The standard InChI is InChI=1S/C10H13F8I/c1-2-3-4-6(19)5-8(13,14)10(17,18)9(15,16)7(11)12/h6-7H,2-5H2,1H3. The molecule has 0 amide bonds. The summed E-state index contributed by atoms with van der Waals surface area (Å²) in [7, 11) is 0. The van der Waals surface area contributed by atoms with E-state index in [1.54, 1.807) is 6.92 Å². The molecule has 0 saturated carbocycles. The second-order valence-electron chi connectivity index (χ2n) is 4.15. The molecule has 0 N–H and O–H groups in total. The van der Waals surface area contributed by atoms with Gasteiger partial charge in [-0.25, -0.2) is 8.78 Å². The van der Waals surface area contributed by atoms with E-state index in [1.165, 1.54) is 22.6 Å². The summed E-state index contributed by atoms with van der Waals surface area (Å²) in [6.07, 6.45) is -5.21. The fraction of sp³-hybridized carbons (Fsp3) is 1.00. The lowest BCUT2D eigenvalue weighted by molar-refractivity contribution is -0.339. The molecule has 1 unspecified atom stereocenters. The number of rotatable bonds is 8. The van der Waals surface area contributed by atoms with Gasteiger partial charge in [-0.05, 0) is 6.42 Å². The lowest BCUT2D eigenvalue weighted by Gasteiger charge is -2.33. The summed E-state index contributed by atoms with van der Waals surface area (Å²) in [5.41, 5.74) is 0. The molecule has 0 rings (SSSR count). The highest BCUT2D eigenvalue weighted by molar-refractivity contribution is 14.1. The molecule has 0 saturated heterocycles. The quantitative estimate of drug-likeness (QED) is 0.279. The lowest BCUT2D eigenvalue weighted by Crippen LogP contribution is -2.58. The second-order valence-corrected chi connectivity index (χ2v) is 5.91. The van der Waals surface area contributed by atoms with Crippen LogP contribution < -0.4 is 0 Å². The first kappa shape index (κ1) is 19.2. The van der Waals surface area contributed by atoms with Crippen molar-refractivity contribution in [2.45, 2.75) is 60.7 Å². The highest BCUT2D eigenvalue weighted by atomic mass is 127. The Bertz CT molecular complexity index is 279. The van der Waals surface area contributed by atoms with Gasteiger partial charge in [-0.3, -0.25) is 0 Å². The third kappa shape index (κ3) is 4.32. The van der Waals surface area contributed by atoms with Gasteiger partial charge >= 0.3 is 24.2 Å². The lowest BCUT2D eigenvalue weighted by atomic mass is 9.98. The first-order valence-electron chi connectivity index (χ1n) is 5.45. The van der Waals surface area contributed by atoms with E-state index in [9.17, 15) is 35.1 Å². The topological polar surface area (TPSA) is 0 Å². The Morgan fingerprint density at radius 1 is 1.00 bits per heavy atom. The van der Waals surface area contributed by atoms with Crippen LogP contribution in [-0.4, -0.2) is 28.1 Å². The van der Waals surface area contributed by atoms with Gasteiger partial charge in [0.2, 0.25) is 0 Å². The molecule has 0 spiro atoms. The maximum Gasteiger partial charge on any atom is 0.377 e. The molecule has 0 aliphatic heterocycles. The summed E-state index contributed by atoms with van der Waals surface area (Å²) in [6, 6.07) is 0. The number of halogens is 9. The smallest absolute Gasteiger partial charge is 0.203 e. The molecule has 0 fully saturated rings. The molecule has 0 aliphatic rings. The van der Waals surface area contributed by atoms with E-state index in [-0.39, 0.29) is 6.42 Å². The van der Waals surface area contributed by atoms with E-state index in [0.29, 0.717) is 12.8 Å². The van der Waals surface area contributed by atoms with E-state index < -0.39 is 34.5 Å². The van der Waals surface area contributed by atoms with Crippen LogP contribution in [0.2, 0.25) is 0 Å². The zero-order chi connectivity index (χ0) is 15.5. The SMILES string of the molecule is CCCCC(I)CC(F)(F)C(F)(F)C(F)(F)C(F)F. The largest absolute Gasteiger partial charge is 0.377 e. The van der Waals surface area contributed by atoms with Crippen LogP contribution in [0, 0.1) is 0 Å². The molecule has 0 heterocycles. The predicted molar refractivity (Wildman–Crippen MR) is 62.8 cm³/mol. The number of hydrogen-bond acceptors (Lipinski definition) is 0. The molecule has 116 valence electrons. The molecule has 0 bridgehead atoms. The van der Waals surface area contributed by atoms with Crippen molar-refractivity contribution in [3.63, 3.8) is 0 Å². The summed E-state index contributed by atoms with van der Waals surface area (Å²) >= 11 is 1.43.